The van der Waals surface area contributed by atoms with Crippen LogP contribution in [-0.2, 0) is 22.6 Å². The van der Waals surface area contributed by atoms with Gasteiger partial charge in [-0.05, 0) is 49.6 Å². The number of aromatic amines is 1. The largest absolute Gasteiger partial charge is 0.361 e. The number of benzene rings is 2. The number of nitrogens with one attached hydrogen (secondary N) is 1. The fourth-order valence-electron chi connectivity index (χ4n) is 3.79. The van der Waals surface area contributed by atoms with Gasteiger partial charge in [0, 0.05) is 42.1 Å². The van der Waals surface area contributed by atoms with Crippen molar-refractivity contribution in [3.63, 3.8) is 0 Å². The molecule has 0 fully saturated rings. The van der Waals surface area contributed by atoms with Crippen LogP contribution in [0, 0.1) is 11.7 Å². The number of hydrogen-bond acceptors (Lipinski definition) is 2. The maximum absolute atomic E-state index is 13.4. The number of halogens is 1. The second-order valence-electron chi connectivity index (χ2n) is 8.77. The Hall–Kier alpha value is -3.15. The monoisotopic (exact) mass is 437 g/mol. The van der Waals surface area contributed by atoms with Crippen LogP contribution in [0.4, 0.5) is 4.39 Å². The predicted octanol–water partition coefficient (Wildman–Crippen LogP) is 4.77. The van der Waals surface area contributed by atoms with E-state index in [0.29, 0.717) is 19.5 Å². The highest BCUT2D eigenvalue weighted by Crippen LogP contribution is 2.19. The molecule has 0 atom stereocenters. The van der Waals surface area contributed by atoms with Crippen molar-refractivity contribution in [2.75, 3.05) is 13.1 Å². The molecule has 3 aromatic rings. The average molecular weight is 438 g/mol. The highest BCUT2D eigenvalue weighted by atomic mass is 19.1. The Morgan fingerprint density at radius 3 is 2.34 bits per heavy atom. The Morgan fingerprint density at radius 2 is 1.69 bits per heavy atom. The zero-order chi connectivity index (χ0) is 23.3. The lowest BCUT2D eigenvalue weighted by Crippen LogP contribution is -2.47. The van der Waals surface area contributed by atoms with E-state index in [1.54, 1.807) is 21.9 Å². The topological polar surface area (TPSA) is 56.4 Å². The number of carbonyl (C=O) groups excluding carboxylic acids is 2. The number of carbonyl (C=O) groups is 2. The third kappa shape index (κ3) is 5.75. The van der Waals surface area contributed by atoms with Crippen LogP contribution in [0.5, 0.6) is 0 Å². The fraction of sp³-hybridized carbons (Fsp3) is 0.385. The summed E-state index contributed by atoms with van der Waals surface area (Å²) in [5.41, 5.74) is 3.05. The Labute approximate surface area is 189 Å². The number of aromatic nitrogens is 1. The first-order chi connectivity index (χ1) is 15.3. The van der Waals surface area contributed by atoms with Crippen LogP contribution in [0.2, 0.25) is 0 Å². The second kappa shape index (κ2) is 10.4. The minimum atomic E-state index is -0.307. The molecule has 0 spiro atoms. The normalized spacial score (nSPS) is 11.3. The summed E-state index contributed by atoms with van der Waals surface area (Å²) in [5.74, 6) is -0.635. The molecule has 0 saturated carbocycles. The van der Waals surface area contributed by atoms with Crippen molar-refractivity contribution in [3.05, 3.63) is 71.7 Å². The molecule has 2 amide bonds. The lowest BCUT2D eigenvalue weighted by molar-refractivity contribution is -0.144. The van der Waals surface area contributed by atoms with Gasteiger partial charge in [-0.2, -0.15) is 0 Å². The molecule has 0 aliphatic carbocycles. The summed E-state index contributed by atoms with van der Waals surface area (Å²) in [6.45, 7) is 8.42. The zero-order valence-electron chi connectivity index (χ0n) is 19.3. The van der Waals surface area contributed by atoms with E-state index >= 15 is 0 Å². The summed E-state index contributed by atoms with van der Waals surface area (Å²) in [6.07, 6.45) is 2.66. The van der Waals surface area contributed by atoms with E-state index in [2.05, 4.69) is 11.1 Å². The minimum absolute atomic E-state index is 0.0315. The Kier molecular flexibility index (Phi) is 7.67. The lowest BCUT2D eigenvalue weighted by Gasteiger charge is -2.31. The van der Waals surface area contributed by atoms with Crippen molar-refractivity contribution in [1.29, 1.82) is 0 Å². The average Bonchev–Trinajstić information content (AvgIpc) is 3.18. The van der Waals surface area contributed by atoms with E-state index in [1.165, 1.54) is 12.1 Å². The molecule has 6 heteroatoms. The first-order valence-electron chi connectivity index (χ1n) is 11.1. The van der Waals surface area contributed by atoms with Crippen molar-refractivity contribution in [2.45, 2.75) is 46.7 Å². The maximum Gasteiger partial charge on any atom is 0.242 e. The third-order valence-electron chi connectivity index (χ3n) is 5.67. The van der Waals surface area contributed by atoms with E-state index in [1.807, 2.05) is 52.1 Å². The van der Waals surface area contributed by atoms with Crippen molar-refractivity contribution < 1.29 is 14.0 Å². The second-order valence-corrected chi connectivity index (χ2v) is 8.77. The number of rotatable bonds is 9. The van der Waals surface area contributed by atoms with Crippen molar-refractivity contribution in [1.82, 2.24) is 14.8 Å². The molecule has 0 saturated heterocycles. The van der Waals surface area contributed by atoms with E-state index in [4.69, 9.17) is 0 Å². The minimum Gasteiger partial charge on any atom is -0.361 e. The molecule has 1 aromatic heterocycles. The van der Waals surface area contributed by atoms with Crippen LogP contribution in [-0.4, -0.2) is 45.7 Å². The Morgan fingerprint density at radius 1 is 1.00 bits per heavy atom. The van der Waals surface area contributed by atoms with Crippen LogP contribution in [0.25, 0.3) is 10.9 Å². The molecule has 1 heterocycles. The van der Waals surface area contributed by atoms with Gasteiger partial charge < -0.3 is 14.8 Å². The van der Waals surface area contributed by atoms with E-state index in [9.17, 15) is 14.0 Å². The van der Waals surface area contributed by atoms with Gasteiger partial charge in [0.25, 0.3) is 0 Å². The van der Waals surface area contributed by atoms with E-state index in [-0.39, 0.29) is 36.1 Å². The molecule has 5 nitrogen and oxygen atoms in total. The number of nitrogens with zero attached hydrogens (tertiary/aromatic N) is 2. The summed E-state index contributed by atoms with van der Waals surface area (Å²) in [5, 5.41) is 1.14. The summed E-state index contributed by atoms with van der Waals surface area (Å²) in [4.78, 5) is 32.6. The van der Waals surface area contributed by atoms with Crippen LogP contribution >= 0.6 is 0 Å². The molecule has 0 aliphatic heterocycles. The zero-order valence-corrected chi connectivity index (χ0v) is 19.3. The van der Waals surface area contributed by atoms with Gasteiger partial charge in [0.05, 0.1) is 6.54 Å². The standard InChI is InChI=1S/C26H32FN3O2/c1-18(2)26(32)30(19(3)4)17-25(31)29(16-20-9-11-22(27)12-10-20)14-13-21-15-28-24-8-6-5-7-23(21)24/h5-12,15,18-19,28H,13-14,16-17H2,1-4H3. The number of amides is 2. The third-order valence-corrected chi connectivity index (χ3v) is 5.67. The van der Waals surface area contributed by atoms with Gasteiger partial charge in [-0.3, -0.25) is 9.59 Å². The van der Waals surface area contributed by atoms with Gasteiger partial charge in [0.2, 0.25) is 11.8 Å². The molecule has 1 N–H and O–H groups in total. The van der Waals surface area contributed by atoms with Gasteiger partial charge in [0.1, 0.15) is 5.82 Å². The number of hydrogen-bond donors (Lipinski definition) is 1. The number of para-hydroxylation sites is 1. The molecule has 0 aliphatic rings. The molecule has 3 rings (SSSR count). The summed E-state index contributed by atoms with van der Waals surface area (Å²) in [6, 6.07) is 14.2. The van der Waals surface area contributed by atoms with Crippen molar-refractivity contribution in [3.8, 4) is 0 Å². The van der Waals surface area contributed by atoms with Crippen LogP contribution < -0.4 is 0 Å². The van der Waals surface area contributed by atoms with Crippen LogP contribution in [0.3, 0.4) is 0 Å². The summed E-state index contributed by atoms with van der Waals surface area (Å²) in [7, 11) is 0. The van der Waals surface area contributed by atoms with Crippen molar-refractivity contribution >= 4 is 22.7 Å². The molecule has 32 heavy (non-hydrogen) atoms. The van der Waals surface area contributed by atoms with Crippen LogP contribution in [0.1, 0.15) is 38.8 Å². The summed E-state index contributed by atoms with van der Waals surface area (Å²) < 4.78 is 13.4. The SMILES string of the molecule is CC(C)C(=O)N(CC(=O)N(CCc1c[nH]c2ccccc12)Cc1ccc(F)cc1)C(C)C. The molecule has 2 aromatic carbocycles. The van der Waals surface area contributed by atoms with Gasteiger partial charge in [0.15, 0.2) is 0 Å². The highest BCUT2D eigenvalue weighted by molar-refractivity contribution is 5.86. The van der Waals surface area contributed by atoms with Crippen molar-refractivity contribution in [2.24, 2.45) is 5.92 Å². The van der Waals surface area contributed by atoms with E-state index < -0.39 is 0 Å². The molecular weight excluding hydrogens is 405 g/mol. The number of fused-ring (bicyclic) bond motifs is 1. The van der Waals surface area contributed by atoms with Gasteiger partial charge in [-0.25, -0.2) is 4.39 Å². The molecule has 0 unspecified atom stereocenters. The van der Waals surface area contributed by atoms with Gasteiger partial charge >= 0.3 is 0 Å². The molecule has 0 radical (unpaired) electrons. The molecular formula is C26H32FN3O2. The Balaban J connectivity index is 1.79. The summed E-state index contributed by atoms with van der Waals surface area (Å²) >= 11 is 0. The van der Waals surface area contributed by atoms with Gasteiger partial charge in [-0.1, -0.05) is 44.2 Å². The fourth-order valence-corrected chi connectivity index (χ4v) is 3.79. The lowest BCUT2D eigenvalue weighted by atomic mass is 10.1. The first-order valence-corrected chi connectivity index (χ1v) is 11.1. The predicted molar refractivity (Wildman–Crippen MR) is 126 cm³/mol. The maximum atomic E-state index is 13.4. The Bertz CT molecular complexity index is 1060. The molecule has 0 bridgehead atoms. The highest BCUT2D eigenvalue weighted by Gasteiger charge is 2.25. The number of H-pyrrole nitrogens is 1. The molecule has 170 valence electrons. The van der Waals surface area contributed by atoms with Gasteiger partial charge in [-0.15, -0.1) is 0 Å². The van der Waals surface area contributed by atoms with Crippen LogP contribution in [0.15, 0.2) is 54.7 Å². The quantitative estimate of drug-likeness (QED) is 0.524. The first kappa shape index (κ1) is 23.5. The van der Waals surface area contributed by atoms with E-state index in [0.717, 1.165) is 22.0 Å². The smallest absolute Gasteiger partial charge is 0.242 e.